The number of aryl methyl sites for hydroxylation is 1. The smallest absolute Gasteiger partial charge is 0.240 e. The summed E-state index contributed by atoms with van der Waals surface area (Å²) in [6.45, 7) is 4.39. The second-order valence-electron chi connectivity index (χ2n) is 5.39. The van der Waals surface area contributed by atoms with Crippen LogP contribution in [0.4, 0.5) is 4.39 Å². The van der Waals surface area contributed by atoms with E-state index in [1.54, 1.807) is 0 Å². The van der Waals surface area contributed by atoms with Gasteiger partial charge in [0.25, 0.3) is 0 Å². The molecule has 2 unspecified atom stereocenters. The van der Waals surface area contributed by atoms with Gasteiger partial charge in [-0.25, -0.2) is 17.5 Å². The molecule has 1 aromatic carbocycles. The average Bonchev–Trinajstić information content (AvgIpc) is 2.85. The van der Waals surface area contributed by atoms with Gasteiger partial charge < -0.3 is 10.5 Å². The van der Waals surface area contributed by atoms with E-state index < -0.39 is 15.8 Å². The van der Waals surface area contributed by atoms with Crippen molar-refractivity contribution in [3.05, 3.63) is 29.1 Å². The first-order valence-corrected chi connectivity index (χ1v) is 8.44. The lowest BCUT2D eigenvalue weighted by atomic mass is 10.0. The van der Waals surface area contributed by atoms with Gasteiger partial charge in [-0.2, -0.15) is 0 Å². The predicted molar refractivity (Wildman–Crippen MR) is 77.7 cm³/mol. The van der Waals surface area contributed by atoms with E-state index in [1.807, 2.05) is 6.92 Å². The van der Waals surface area contributed by atoms with Gasteiger partial charge in [0.05, 0.1) is 11.0 Å². The maximum absolute atomic E-state index is 13.7. The van der Waals surface area contributed by atoms with E-state index in [0.717, 1.165) is 6.42 Å². The Labute approximate surface area is 124 Å². The van der Waals surface area contributed by atoms with Crippen molar-refractivity contribution >= 4 is 10.0 Å². The van der Waals surface area contributed by atoms with Crippen LogP contribution >= 0.6 is 0 Å². The van der Waals surface area contributed by atoms with Crippen molar-refractivity contribution in [2.24, 2.45) is 11.7 Å². The van der Waals surface area contributed by atoms with Crippen LogP contribution in [0.2, 0.25) is 0 Å². The standard InChI is InChI=1S/C14H21FN2O3S/c1-9-5-13(6-12(7-16)14(9)15)21(18,19)17-8-11-3-4-20-10(11)2/h5-6,10-11,17H,3-4,7-8,16H2,1-2H3. The zero-order valence-electron chi connectivity index (χ0n) is 12.2. The van der Waals surface area contributed by atoms with Crippen LogP contribution < -0.4 is 10.5 Å². The van der Waals surface area contributed by atoms with E-state index in [-0.39, 0.29) is 34.6 Å². The normalized spacial score (nSPS) is 22.7. The number of ether oxygens (including phenoxy) is 1. The minimum Gasteiger partial charge on any atom is -0.378 e. The fourth-order valence-corrected chi connectivity index (χ4v) is 3.68. The SMILES string of the molecule is Cc1cc(S(=O)(=O)NCC2CCOC2C)cc(CN)c1F. The van der Waals surface area contributed by atoms with E-state index in [0.29, 0.717) is 13.2 Å². The summed E-state index contributed by atoms with van der Waals surface area (Å²) in [6, 6.07) is 2.62. The quantitative estimate of drug-likeness (QED) is 0.858. The molecule has 0 amide bonds. The Bertz CT molecular complexity index is 619. The van der Waals surface area contributed by atoms with Crippen LogP contribution in [0.25, 0.3) is 0 Å². The largest absolute Gasteiger partial charge is 0.378 e. The minimum absolute atomic E-state index is 0.0382. The molecule has 0 aliphatic carbocycles. The van der Waals surface area contributed by atoms with Crippen LogP contribution in [-0.4, -0.2) is 27.7 Å². The molecule has 0 saturated carbocycles. The summed E-state index contributed by atoms with van der Waals surface area (Å²) < 4.78 is 46.3. The molecule has 1 aliphatic heterocycles. The van der Waals surface area contributed by atoms with Crippen molar-refractivity contribution in [1.29, 1.82) is 0 Å². The molecular weight excluding hydrogens is 295 g/mol. The third-order valence-corrected chi connectivity index (χ3v) is 5.31. The van der Waals surface area contributed by atoms with Gasteiger partial charge in [0.15, 0.2) is 0 Å². The Balaban J connectivity index is 2.17. The van der Waals surface area contributed by atoms with Gasteiger partial charge in [-0.05, 0) is 38.0 Å². The van der Waals surface area contributed by atoms with Crippen molar-refractivity contribution < 1.29 is 17.5 Å². The lowest BCUT2D eigenvalue weighted by Crippen LogP contribution is -2.32. The number of sulfonamides is 1. The van der Waals surface area contributed by atoms with Crippen LogP contribution in [0.3, 0.4) is 0 Å². The zero-order chi connectivity index (χ0) is 15.6. The van der Waals surface area contributed by atoms with E-state index in [2.05, 4.69) is 4.72 Å². The highest BCUT2D eigenvalue weighted by atomic mass is 32.2. The molecule has 1 saturated heterocycles. The lowest BCUT2D eigenvalue weighted by molar-refractivity contribution is 0.107. The Hall–Kier alpha value is -1.02. The summed E-state index contributed by atoms with van der Waals surface area (Å²) in [5, 5.41) is 0. The Morgan fingerprint density at radius 3 is 2.76 bits per heavy atom. The molecule has 3 N–H and O–H groups in total. The first-order chi connectivity index (χ1) is 9.85. The number of nitrogens with two attached hydrogens (primary N) is 1. The van der Waals surface area contributed by atoms with Crippen LogP contribution in [0.5, 0.6) is 0 Å². The molecule has 0 bridgehead atoms. The van der Waals surface area contributed by atoms with Gasteiger partial charge in [-0.3, -0.25) is 0 Å². The number of benzene rings is 1. The summed E-state index contributed by atoms with van der Waals surface area (Å²) >= 11 is 0. The molecule has 21 heavy (non-hydrogen) atoms. The van der Waals surface area contributed by atoms with Crippen molar-refractivity contribution in [3.63, 3.8) is 0 Å². The monoisotopic (exact) mass is 316 g/mol. The molecule has 1 aromatic rings. The van der Waals surface area contributed by atoms with Gasteiger partial charge in [-0.1, -0.05) is 0 Å². The van der Waals surface area contributed by atoms with Crippen molar-refractivity contribution in [2.45, 2.75) is 37.8 Å². The molecule has 5 nitrogen and oxygen atoms in total. The fraction of sp³-hybridized carbons (Fsp3) is 0.571. The van der Waals surface area contributed by atoms with Crippen molar-refractivity contribution in [1.82, 2.24) is 4.72 Å². The molecule has 118 valence electrons. The lowest BCUT2D eigenvalue weighted by Gasteiger charge is -2.15. The second kappa shape index (κ2) is 6.39. The Morgan fingerprint density at radius 1 is 1.48 bits per heavy atom. The molecule has 2 rings (SSSR count). The minimum atomic E-state index is -3.67. The molecule has 0 aromatic heterocycles. The topological polar surface area (TPSA) is 81.4 Å². The summed E-state index contributed by atoms with van der Waals surface area (Å²) in [7, 11) is -3.67. The third-order valence-electron chi connectivity index (χ3n) is 3.90. The fourth-order valence-electron chi connectivity index (χ4n) is 2.45. The van der Waals surface area contributed by atoms with Gasteiger partial charge in [0.1, 0.15) is 5.82 Å². The van der Waals surface area contributed by atoms with Gasteiger partial charge >= 0.3 is 0 Å². The highest BCUT2D eigenvalue weighted by Gasteiger charge is 2.26. The van der Waals surface area contributed by atoms with Gasteiger partial charge in [0.2, 0.25) is 10.0 Å². The molecule has 2 atom stereocenters. The first-order valence-electron chi connectivity index (χ1n) is 6.95. The summed E-state index contributed by atoms with van der Waals surface area (Å²) in [6.07, 6.45) is 0.877. The Kier molecular flexibility index (Phi) is 4.98. The number of rotatable bonds is 5. The summed E-state index contributed by atoms with van der Waals surface area (Å²) in [5.74, 6) is -0.287. The number of hydrogen-bond donors (Lipinski definition) is 2. The van der Waals surface area contributed by atoms with Crippen LogP contribution in [-0.2, 0) is 21.3 Å². The highest BCUT2D eigenvalue weighted by molar-refractivity contribution is 7.89. The highest BCUT2D eigenvalue weighted by Crippen LogP contribution is 2.22. The maximum Gasteiger partial charge on any atom is 0.240 e. The van der Waals surface area contributed by atoms with Crippen LogP contribution in [0.15, 0.2) is 17.0 Å². The van der Waals surface area contributed by atoms with Crippen molar-refractivity contribution in [3.8, 4) is 0 Å². The Morgan fingerprint density at radius 2 is 2.19 bits per heavy atom. The summed E-state index contributed by atoms with van der Waals surface area (Å²) in [5.41, 5.74) is 5.93. The number of hydrogen-bond acceptors (Lipinski definition) is 4. The number of nitrogens with one attached hydrogen (secondary N) is 1. The van der Waals surface area contributed by atoms with Crippen LogP contribution in [0, 0.1) is 18.7 Å². The predicted octanol–water partition coefficient (Wildman–Crippen LogP) is 1.30. The van der Waals surface area contributed by atoms with E-state index in [9.17, 15) is 12.8 Å². The van der Waals surface area contributed by atoms with Gasteiger partial charge in [-0.15, -0.1) is 0 Å². The maximum atomic E-state index is 13.7. The molecular formula is C14H21FN2O3S. The van der Waals surface area contributed by atoms with Crippen molar-refractivity contribution in [2.75, 3.05) is 13.2 Å². The molecule has 1 aliphatic rings. The van der Waals surface area contributed by atoms with Crippen LogP contribution in [0.1, 0.15) is 24.5 Å². The summed E-state index contributed by atoms with van der Waals surface area (Å²) in [4.78, 5) is 0.0495. The zero-order valence-corrected chi connectivity index (χ0v) is 13.0. The molecule has 0 radical (unpaired) electrons. The van der Waals surface area contributed by atoms with Gasteiger partial charge in [0, 0.05) is 31.2 Å². The molecule has 0 spiro atoms. The second-order valence-corrected chi connectivity index (χ2v) is 7.16. The molecule has 7 heteroatoms. The first kappa shape index (κ1) is 16.4. The average molecular weight is 316 g/mol. The van der Waals surface area contributed by atoms with E-state index in [1.165, 1.54) is 19.1 Å². The third kappa shape index (κ3) is 3.60. The molecule has 1 fully saturated rings. The van der Waals surface area contributed by atoms with E-state index in [4.69, 9.17) is 10.5 Å². The number of halogens is 1. The molecule has 1 heterocycles. The van der Waals surface area contributed by atoms with E-state index >= 15 is 0 Å².